The molecule has 0 amide bonds. The van der Waals surface area contributed by atoms with Crippen LogP contribution in [-0.2, 0) is 0 Å². The van der Waals surface area contributed by atoms with E-state index in [1.165, 1.54) is 6.20 Å². The maximum atomic E-state index is 10.8. The number of carbonyl (C=O) groups is 1. The standard InChI is InChI=1S/C13H18N2O2/c1-13(2,3)10-7-15(8-10)11-4-9(12(16)17)5-14-6-11/h4-6,10H,7-8H2,1-3H3,(H,16,17). The van der Waals surface area contributed by atoms with Crippen molar-refractivity contribution in [1.29, 1.82) is 0 Å². The van der Waals surface area contributed by atoms with Crippen molar-refractivity contribution in [3.63, 3.8) is 0 Å². The molecule has 2 heterocycles. The van der Waals surface area contributed by atoms with E-state index >= 15 is 0 Å². The lowest BCUT2D eigenvalue weighted by Crippen LogP contribution is -2.52. The van der Waals surface area contributed by atoms with Gasteiger partial charge < -0.3 is 10.0 Å². The largest absolute Gasteiger partial charge is 0.478 e. The second kappa shape index (κ2) is 4.02. The van der Waals surface area contributed by atoms with Gasteiger partial charge in [0.25, 0.3) is 0 Å². The lowest BCUT2D eigenvalue weighted by molar-refractivity contribution is 0.0696. The second-order valence-electron chi connectivity index (χ2n) is 5.70. The Bertz CT molecular complexity index is 431. The maximum Gasteiger partial charge on any atom is 0.337 e. The van der Waals surface area contributed by atoms with Gasteiger partial charge in [0.1, 0.15) is 0 Å². The van der Waals surface area contributed by atoms with Gasteiger partial charge in [0, 0.05) is 19.3 Å². The van der Waals surface area contributed by atoms with E-state index in [4.69, 9.17) is 5.11 Å². The molecule has 4 heteroatoms. The highest BCUT2D eigenvalue weighted by atomic mass is 16.4. The molecular formula is C13H18N2O2. The van der Waals surface area contributed by atoms with Gasteiger partial charge in [-0.25, -0.2) is 4.79 Å². The quantitative estimate of drug-likeness (QED) is 0.852. The third kappa shape index (κ3) is 2.40. The third-order valence-electron chi connectivity index (χ3n) is 3.44. The zero-order valence-electron chi connectivity index (χ0n) is 10.5. The van der Waals surface area contributed by atoms with Crippen LogP contribution in [0.4, 0.5) is 5.69 Å². The van der Waals surface area contributed by atoms with Crippen LogP contribution < -0.4 is 4.90 Å². The predicted molar refractivity (Wildman–Crippen MR) is 66.4 cm³/mol. The Kier molecular flexibility index (Phi) is 2.81. The molecule has 1 aromatic heterocycles. The number of aromatic nitrogens is 1. The van der Waals surface area contributed by atoms with Crippen LogP contribution in [0, 0.1) is 11.3 Å². The summed E-state index contributed by atoms with van der Waals surface area (Å²) in [7, 11) is 0. The van der Waals surface area contributed by atoms with Crippen molar-refractivity contribution in [2.75, 3.05) is 18.0 Å². The van der Waals surface area contributed by atoms with Crippen LogP contribution in [0.3, 0.4) is 0 Å². The number of anilines is 1. The Morgan fingerprint density at radius 3 is 2.59 bits per heavy atom. The van der Waals surface area contributed by atoms with E-state index in [1.54, 1.807) is 12.3 Å². The van der Waals surface area contributed by atoms with Crippen molar-refractivity contribution in [2.24, 2.45) is 11.3 Å². The number of hydrogen-bond acceptors (Lipinski definition) is 3. The van der Waals surface area contributed by atoms with Gasteiger partial charge >= 0.3 is 5.97 Å². The molecule has 1 saturated heterocycles. The number of aromatic carboxylic acids is 1. The zero-order chi connectivity index (χ0) is 12.6. The third-order valence-corrected chi connectivity index (χ3v) is 3.44. The maximum absolute atomic E-state index is 10.8. The van der Waals surface area contributed by atoms with Gasteiger partial charge in [-0.3, -0.25) is 4.98 Å². The normalized spacial score (nSPS) is 16.8. The van der Waals surface area contributed by atoms with Crippen LogP contribution in [0.5, 0.6) is 0 Å². The first-order chi connectivity index (χ1) is 7.88. The van der Waals surface area contributed by atoms with Crippen molar-refractivity contribution < 1.29 is 9.90 Å². The number of nitrogens with zero attached hydrogens (tertiary/aromatic N) is 2. The Balaban J connectivity index is 2.06. The molecule has 0 bridgehead atoms. The number of pyridine rings is 1. The van der Waals surface area contributed by atoms with Gasteiger partial charge in [-0.05, 0) is 17.4 Å². The Morgan fingerprint density at radius 1 is 1.41 bits per heavy atom. The molecular weight excluding hydrogens is 216 g/mol. The monoisotopic (exact) mass is 234 g/mol. The number of rotatable bonds is 2. The van der Waals surface area contributed by atoms with Gasteiger partial charge in [-0.2, -0.15) is 0 Å². The molecule has 4 nitrogen and oxygen atoms in total. The summed E-state index contributed by atoms with van der Waals surface area (Å²) >= 11 is 0. The van der Waals surface area contributed by atoms with Crippen LogP contribution in [0.1, 0.15) is 31.1 Å². The molecule has 0 aliphatic carbocycles. The van der Waals surface area contributed by atoms with Gasteiger partial charge in [0.15, 0.2) is 0 Å². The van der Waals surface area contributed by atoms with Crippen molar-refractivity contribution in [2.45, 2.75) is 20.8 Å². The SMILES string of the molecule is CC(C)(C)C1CN(c2cncc(C(=O)O)c2)C1. The molecule has 1 aromatic rings. The van der Waals surface area contributed by atoms with Crippen molar-refractivity contribution in [3.05, 3.63) is 24.0 Å². The molecule has 0 aromatic carbocycles. The Labute approximate surface area is 101 Å². The van der Waals surface area contributed by atoms with Gasteiger partial charge in [0.2, 0.25) is 0 Å². The fourth-order valence-electron chi connectivity index (χ4n) is 1.95. The summed E-state index contributed by atoms with van der Waals surface area (Å²) in [5.74, 6) is -0.261. The van der Waals surface area contributed by atoms with E-state index in [1.807, 2.05) is 0 Å². The van der Waals surface area contributed by atoms with E-state index in [9.17, 15) is 4.79 Å². The highest BCUT2D eigenvalue weighted by Gasteiger charge is 2.35. The summed E-state index contributed by atoms with van der Waals surface area (Å²) in [5, 5.41) is 8.90. The summed E-state index contributed by atoms with van der Waals surface area (Å²) in [6, 6.07) is 1.69. The van der Waals surface area contributed by atoms with Gasteiger partial charge in [-0.15, -0.1) is 0 Å². The molecule has 1 N–H and O–H groups in total. The highest BCUT2D eigenvalue weighted by Crippen LogP contribution is 2.36. The fraction of sp³-hybridized carbons (Fsp3) is 0.538. The molecule has 17 heavy (non-hydrogen) atoms. The molecule has 0 radical (unpaired) electrons. The summed E-state index contributed by atoms with van der Waals surface area (Å²) in [5.41, 5.74) is 1.47. The molecule has 0 saturated carbocycles. The minimum absolute atomic E-state index is 0.252. The van der Waals surface area contributed by atoms with E-state index in [0.29, 0.717) is 11.3 Å². The summed E-state index contributed by atoms with van der Waals surface area (Å²) in [6.45, 7) is 8.67. The van der Waals surface area contributed by atoms with Crippen LogP contribution in [0.15, 0.2) is 18.5 Å². The van der Waals surface area contributed by atoms with Gasteiger partial charge in [0.05, 0.1) is 17.4 Å². The molecule has 0 spiro atoms. The molecule has 2 rings (SSSR count). The van der Waals surface area contributed by atoms with Crippen molar-refractivity contribution in [1.82, 2.24) is 4.98 Å². The number of carboxylic acid groups (broad SMARTS) is 1. The molecule has 1 aliphatic rings. The smallest absolute Gasteiger partial charge is 0.337 e. The van der Waals surface area contributed by atoms with Crippen LogP contribution in [0.2, 0.25) is 0 Å². The lowest BCUT2D eigenvalue weighted by atomic mass is 9.76. The van der Waals surface area contributed by atoms with E-state index in [-0.39, 0.29) is 5.56 Å². The number of hydrogen-bond donors (Lipinski definition) is 1. The molecule has 0 atom stereocenters. The summed E-state index contributed by atoms with van der Waals surface area (Å²) in [6.07, 6.45) is 3.11. The summed E-state index contributed by atoms with van der Waals surface area (Å²) in [4.78, 5) is 17.0. The Morgan fingerprint density at radius 2 is 2.06 bits per heavy atom. The van der Waals surface area contributed by atoms with Crippen LogP contribution >= 0.6 is 0 Å². The van der Waals surface area contributed by atoms with Crippen LogP contribution in [0.25, 0.3) is 0 Å². The molecule has 0 unspecified atom stereocenters. The van der Waals surface area contributed by atoms with E-state index in [0.717, 1.165) is 18.8 Å². The van der Waals surface area contributed by atoms with E-state index in [2.05, 4.69) is 30.7 Å². The minimum Gasteiger partial charge on any atom is -0.478 e. The Hall–Kier alpha value is -1.58. The molecule has 1 fully saturated rings. The topological polar surface area (TPSA) is 53.4 Å². The predicted octanol–water partition coefficient (Wildman–Crippen LogP) is 2.26. The summed E-state index contributed by atoms with van der Waals surface area (Å²) < 4.78 is 0. The van der Waals surface area contributed by atoms with Gasteiger partial charge in [-0.1, -0.05) is 20.8 Å². The average Bonchev–Trinajstić information content (AvgIpc) is 2.13. The lowest BCUT2D eigenvalue weighted by Gasteiger charge is -2.47. The van der Waals surface area contributed by atoms with Crippen molar-refractivity contribution >= 4 is 11.7 Å². The first-order valence-corrected chi connectivity index (χ1v) is 5.81. The van der Waals surface area contributed by atoms with Crippen LogP contribution in [-0.4, -0.2) is 29.1 Å². The first-order valence-electron chi connectivity index (χ1n) is 5.81. The minimum atomic E-state index is -0.924. The second-order valence-corrected chi connectivity index (χ2v) is 5.70. The average molecular weight is 234 g/mol. The van der Waals surface area contributed by atoms with E-state index < -0.39 is 5.97 Å². The molecule has 92 valence electrons. The zero-order valence-corrected chi connectivity index (χ0v) is 10.5. The molecule has 1 aliphatic heterocycles. The highest BCUT2D eigenvalue weighted by molar-refractivity contribution is 5.88. The first kappa shape index (κ1) is 11.9. The number of carboxylic acids is 1. The fourth-order valence-corrected chi connectivity index (χ4v) is 1.95. The van der Waals surface area contributed by atoms with Crippen molar-refractivity contribution in [3.8, 4) is 0 Å².